The molecule has 9 heteroatoms. The fraction of sp³-hybridized carbons (Fsp3) is 0.857. The van der Waals surface area contributed by atoms with Crippen LogP contribution in [0.1, 0.15) is 13.8 Å². The molecule has 0 aromatic carbocycles. The molecule has 0 aliphatic heterocycles. The van der Waals surface area contributed by atoms with Crippen molar-refractivity contribution in [3.8, 4) is 0 Å². The van der Waals surface area contributed by atoms with Gasteiger partial charge in [-0.3, -0.25) is 4.84 Å². The SMILES string of the molecule is COCCONS(=O)(=O)NC(=O)OC(C)C. The summed E-state index contributed by atoms with van der Waals surface area (Å²) in [5.41, 5.74) is 0. The first-order valence-corrected chi connectivity index (χ1v) is 5.96. The minimum Gasteiger partial charge on any atom is -0.446 e. The molecule has 0 saturated carbocycles. The Bertz CT molecular complexity index is 302. The number of hydrogen-bond donors (Lipinski definition) is 2. The van der Waals surface area contributed by atoms with Crippen molar-refractivity contribution in [3.63, 3.8) is 0 Å². The molecule has 0 fully saturated rings. The molecule has 0 radical (unpaired) electrons. The Morgan fingerprint density at radius 2 is 1.94 bits per heavy atom. The Morgan fingerprint density at radius 3 is 2.44 bits per heavy atom. The average molecular weight is 256 g/mol. The van der Waals surface area contributed by atoms with Crippen molar-refractivity contribution < 1.29 is 27.5 Å². The van der Waals surface area contributed by atoms with Crippen LogP contribution in [0.3, 0.4) is 0 Å². The molecule has 0 bridgehead atoms. The van der Waals surface area contributed by atoms with Crippen molar-refractivity contribution in [1.29, 1.82) is 0 Å². The van der Waals surface area contributed by atoms with E-state index in [2.05, 4.69) is 14.3 Å². The number of hydrogen-bond acceptors (Lipinski definition) is 6. The van der Waals surface area contributed by atoms with Crippen LogP contribution >= 0.6 is 0 Å². The summed E-state index contributed by atoms with van der Waals surface area (Å²) >= 11 is 0. The van der Waals surface area contributed by atoms with E-state index in [0.717, 1.165) is 0 Å². The molecule has 0 aromatic heterocycles. The van der Waals surface area contributed by atoms with E-state index < -0.39 is 22.4 Å². The molecule has 1 amide bonds. The highest BCUT2D eigenvalue weighted by Crippen LogP contribution is 1.89. The first-order chi connectivity index (χ1) is 7.37. The number of carbonyl (C=O) groups excluding carboxylic acids is 1. The van der Waals surface area contributed by atoms with Crippen LogP contribution in [0, 0.1) is 0 Å². The van der Waals surface area contributed by atoms with Crippen molar-refractivity contribution in [2.75, 3.05) is 20.3 Å². The van der Waals surface area contributed by atoms with E-state index in [-0.39, 0.29) is 13.2 Å². The van der Waals surface area contributed by atoms with Gasteiger partial charge in [0.25, 0.3) is 0 Å². The fourth-order valence-corrected chi connectivity index (χ4v) is 1.16. The van der Waals surface area contributed by atoms with Crippen LogP contribution in [0.5, 0.6) is 0 Å². The highest BCUT2D eigenvalue weighted by Gasteiger charge is 2.15. The van der Waals surface area contributed by atoms with Gasteiger partial charge < -0.3 is 9.47 Å². The molecule has 0 atom stereocenters. The van der Waals surface area contributed by atoms with Crippen LogP contribution in [-0.4, -0.2) is 40.9 Å². The summed E-state index contributed by atoms with van der Waals surface area (Å²) < 4.78 is 33.0. The van der Waals surface area contributed by atoms with Crippen LogP contribution in [0.4, 0.5) is 4.79 Å². The molecule has 0 aromatic rings. The Hall–Kier alpha value is -0.900. The Labute approximate surface area is 94.4 Å². The van der Waals surface area contributed by atoms with Gasteiger partial charge in [-0.2, -0.15) is 8.42 Å². The lowest BCUT2D eigenvalue weighted by Gasteiger charge is -2.10. The molecule has 8 nitrogen and oxygen atoms in total. The third-order valence-electron chi connectivity index (χ3n) is 1.12. The highest BCUT2D eigenvalue weighted by molar-refractivity contribution is 7.87. The highest BCUT2D eigenvalue weighted by atomic mass is 32.2. The molecule has 0 aliphatic rings. The monoisotopic (exact) mass is 256 g/mol. The van der Waals surface area contributed by atoms with Gasteiger partial charge >= 0.3 is 16.3 Å². The van der Waals surface area contributed by atoms with Crippen LogP contribution < -0.4 is 9.61 Å². The number of rotatable bonds is 7. The molecule has 0 aliphatic carbocycles. The van der Waals surface area contributed by atoms with E-state index in [1.807, 2.05) is 0 Å². The Morgan fingerprint density at radius 1 is 1.31 bits per heavy atom. The summed E-state index contributed by atoms with van der Waals surface area (Å²) in [4.78, 5) is 17.1. The number of amides is 1. The third kappa shape index (κ3) is 8.41. The first kappa shape index (κ1) is 15.1. The summed E-state index contributed by atoms with van der Waals surface area (Å²) in [7, 11) is -2.62. The largest absolute Gasteiger partial charge is 0.446 e. The van der Waals surface area contributed by atoms with Crippen molar-refractivity contribution in [3.05, 3.63) is 0 Å². The van der Waals surface area contributed by atoms with E-state index in [9.17, 15) is 13.2 Å². The molecule has 2 N–H and O–H groups in total. The van der Waals surface area contributed by atoms with Gasteiger partial charge in [-0.1, -0.05) is 4.89 Å². The minimum atomic E-state index is -4.06. The van der Waals surface area contributed by atoms with Crippen LogP contribution in [0.25, 0.3) is 0 Å². The molecule has 16 heavy (non-hydrogen) atoms. The van der Waals surface area contributed by atoms with Crippen LogP contribution in [-0.2, 0) is 24.5 Å². The third-order valence-corrected chi connectivity index (χ3v) is 1.89. The van der Waals surface area contributed by atoms with Gasteiger partial charge in [-0.25, -0.2) is 9.52 Å². The maximum Gasteiger partial charge on any atom is 0.422 e. The quantitative estimate of drug-likeness (QED) is 0.471. The molecule has 0 rings (SSSR count). The van der Waals surface area contributed by atoms with E-state index in [1.54, 1.807) is 23.5 Å². The van der Waals surface area contributed by atoms with Crippen molar-refractivity contribution in [1.82, 2.24) is 9.61 Å². The zero-order valence-electron chi connectivity index (χ0n) is 9.35. The van der Waals surface area contributed by atoms with E-state index in [4.69, 9.17) is 0 Å². The molecule has 0 heterocycles. The summed E-state index contributed by atoms with van der Waals surface area (Å²) in [6.45, 7) is 3.43. The van der Waals surface area contributed by atoms with Crippen LogP contribution in [0.2, 0.25) is 0 Å². The normalized spacial score (nSPS) is 11.5. The van der Waals surface area contributed by atoms with Crippen molar-refractivity contribution >= 4 is 16.3 Å². The average Bonchev–Trinajstić information content (AvgIpc) is 2.10. The molecule has 0 unspecified atom stereocenters. The topological polar surface area (TPSA) is 103 Å². The lowest BCUT2D eigenvalue weighted by molar-refractivity contribution is 0.0430. The standard InChI is InChI=1S/C7H16N2O6S/c1-6(2)15-7(10)8-16(11,12)9-14-5-4-13-3/h6,9H,4-5H2,1-3H3,(H,8,10). The Balaban J connectivity index is 3.91. The zero-order valence-corrected chi connectivity index (χ0v) is 10.2. The maximum absolute atomic E-state index is 11.1. The summed E-state index contributed by atoms with van der Waals surface area (Å²) in [6, 6.07) is 0. The lowest BCUT2D eigenvalue weighted by Crippen LogP contribution is -2.41. The minimum absolute atomic E-state index is 0.0244. The van der Waals surface area contributed by atoms with Crippen molar-refractivity contribution in [2.24, 2.45) is 0 Å². The second-order valence-electron chi connectivity index (χ2n) is 2.98. The van der Waals surface area contributed by atoms with Gasteiger partial charge in [0.2, 0.25) is 0 Å². The summed E-state index contributed by atoms with van der Waals surface area (Å²) in [5, 5.41) is 0. The van der Waals surface area contributed by atoms with Gasteiger partial charge in [0.15, 0.2) is 0 Å². The second kappa shape index (κ2) is 7.39. The molecular weight excluding hydrogens is 240 g/mol. The molecule has 96 valence electrons. The second-order valence-corrected chi connectivity index (χ2v) is 4.36. The van der Waals surface area contributed by atoms with Gasteiger partial charge in [-0.15, -0.1) is 0 Å². The van der Waals surface area contributed by atoms with Gasteiger partial charge in [0.1, 0.15) is 0 Å². The summed E-state index contributed by atoms with van der Waals surface area (Å²) in [6.07, 6.45) is -1.48. The molecule has 0 saturated heterocycles. The van der Waals surface area contributed by atoms with Crippen molar-refractivity contribution in [2.45, 2.75) is 20.0 Å². The molecule has 0 spiro atoms. The first-order valence-electron chi connectivity index (χ1n) is 4.48. The van der Waals surface area contributed by atoms with E-state index in [1.165, 1.54) is 7.11 Å². The fourth-order valence-electron chi connectivity index (χ4n) is 0.613. The number of nitrogens with one attached hydrogen (secondary N) is 2. The lowest BCUT2D eigenvalue weighted by atomic mass is 10.5. The number of methoxy groups -OCH3 is 1. The predicted octanol–water partition coefficient (Wildman–Crippen LogP) is -0.467. The predicted molar refractivity (Wildman–Crippen MR) is 54.6 cm³/mol. The zero-order chi connectivity index (χ0) is 12.6. The summed E-state index contributed by atoms with van der Waals surface area (Å²) in [5.74, 6) is 0. The van der Waals surface area contributed by atoms with Gasteiger partial charge in [0, 0.05) is 7.11 Å². The van der Waals surface area contributed by atoms with E-state index in [0.29, 0.717) is 0 Å². The van der Waals surface area contributed by atoms with Gasteiger partial charge in [-0.05, 0) is 13.8 Å². The maximum atomic E-state index is 11.1. The van der Waals surface area contributed by atoms with Gasteiger partial charge in [0.05, 0.1) is 19.3 Å². The van der Waals surface area contributed by atoms with E-state index >= 15 is 0 Å². The van der Waals surface area contributed by atoms with Crippen LogP contribution in [0.15, 0.2) is 0 Å². The molecular formula is C7H16N2O6S. The smallest absolute Gasteiger partial charge is 0.422 e. The number of carbonyl (C=O) groups is 1. The number of ether oxygens (including phenoxy) is 2. The Kier molecular flexibility index (Phi) is 6.97.